The molecule has 1 amide bonds. The highest BCUT2D eigenvalue weighted by molar-refractivity contribution is 9.10. The second-order valence-electron chi connectivity index (χ2n) is 4.65. The molecule has 0 atom stereocenters. The number of carbonyl (C=O) groups excluding carboxylic acids is 1. The van der Waals surface area contributed by atoms with Crippen molar-refractivity contribution in [2.24, 2.45) is 5.73 Å². The lowest BCUT2D eigenvalue weighted by molar-refractivity contribution is -0.117. The van der Waals surface area contributed by atoms with Crippen LogP contribution in [0.15, 0.2) is 46.9 Å². The minimum absolute atomic E-state index is 0.264. The highest BCUT2D eigenvalue weighted by atomic mass is 79.9. The molecule has 110 valence electrons. The number of carbonyl (C=O) groups is 1. The van der Waals surface area contributed by atoms with Crippen molar-refractivity contribution in [3.63, 3.8) is 0 Å². The SMILES string of the molecule is COc1ccc(Br)cc1CNc1ccc(CC(N)=O)cc1. The molecule has 5 heteroatoms. The summed E-state index contributed by atoms with van der Waals surface area (Å²) in [4.78, 5) is 10.9. The van der Waals surface area contributed by atoms with Gasteiger partial charge < -0.3 is 15.8 Å². The third-order valence-electron chi connectivity index (χ3n) is 3.06. The molecule has 0 unspecified atom stereocenters. The summed E-state index contributed by atoms with van der Waals surface area (Å²) in [6.07, 6.45) is 0.264. The molecule has 4 nitrogen and oxygen atoms in total. The fourth-order valence-corrected chi connectivity index (χ4v) is 2.43. The van der Waals surface area contributed by atoms with Crippen molar-refractivity contribution in [1.29, 1.82) is 0 Å². The Morgan fingerprint density at radius 1 is 1.24 bits per heavy atom. The first-order valence-electron chi connectivity index (χ1n) is 6.52. The average Bonchev–Trinajstić information content (AvgIpc) is 2.46. The Bertz CT molecular complexity index is 627. The Balaban J connectivity index is 2.03. The number of hydrogen-bond acceptors (Lipinski definition) is 3. The minimum atomic E-state index is -0.324. The number of rotatable bonds is 6. The van der Waals surface area contributed by atoms with E-state index in [4.69, 9.17) is 10.5 Å². The van der Waals surface area contributed by atoms with Crippen LogP contribution in [-0.2, 0) is 17.8 Å². The normalized spacial score (nSPS) is 10.2. The zero-order chi connectivity index (χ0) is 15.2. The molecule has 0 saturated heterocycles. The fourth-order valence-electron chi connectivity index (χ4n) is 2.02. The summed E-state index contributed by atoms with van der Waals surface area (Å²) in [7, 11) is 1.66. The number of anilines is 1. The number of primary amides is 1. The quantitative estimate of drug-likeness (QED) is 0.842. The Morgan fingerprint density at radius 2 is 1.95 bits per heavy atom. The van der Waals surface area contributed by atoms with Gasteiger partial charge in [-0.3, -0.25) is 4.79 Å². The predicted molar refractivity (Wildman–Crippen MR) is 87.4 cm³/mol. The summed E-state index contributed by atoms with van der Waals surface area (Å²) < 4.78 is 6.35. The van der Waals surface area contributed by atoms with Gasteiger partial charge in [-0.05, 0) is 35.9 Å². The minimum Gasteiger partial charge on any atom is -0.496 e. The van der Waals surface area contributed by atoms with Gasteiger partial charge in [0, 0.05) is 22.3 Å². The van der Waals surface area contributed by atoms with Crippen LogP contribution < -0.4 is 15.8 Å². The molecule has 21 heavy (non-hydrogen) atoms. The highest BCUT2D eigenvalue weighted by Gasteiger charge is 2.04. The molecule has 0 aliphatic rings. The molecule has 2 aromatic carbocycles. The van der Waals surface area contributed by atoms with Gasteiger partial charge in [-0.15, -0.1) is 0 Å². The second kappa shape index (κ2) is 7.13. The molecule has 0 spiro atoms. The molecule has 2 aromatic rings. The summed E-state index contributed by atoms with van der Waals surface area (Å²) in [5.74, 6) is 0.519. The summed E-state index contributed by atoms with van der Waals surface area (Å²) in [5.41, 5.74) is 8.12. The smallest absolute Gasteiger partial charge is 0.221 e. The first-order valence-corrected chi connectivity index (χ1v) is 7.31. The van der Waals surface area contributed by atoms with Gasteiger partial charge in [-0.25, -0.2) is 0 Å². The number of hydrogen-bond donors (Lipinski definition) is 2. The molecule has 0 bridgehead atoms. The van der Waals surface area contributed by atoms with E-state index in [0.717, 1.165) is 27.0 Å². The second-order valence-corrected chi connectivity index (χ2v) is 5.57. The number of methoxy groups -OCH3 is 1. The Labute approximate surface area is 132 Å². The van der Waals surface area contributed by atoms with E-state index in [2.05, 4.69) is 21.2 Å². The van der Waals surface area contributed by atoms with Crippen LogP contribution in [0.25, 0.3) is 0 Å². The Kier molecular flexibility index (Phi) is 5.22. The Hall–Kier alpha value is -2.01. The van der Waals surface area contributed by atoms with E-state index < -0.39 is 0 Å². The van der Waals surface area contributed by atoms with E-state index in [1.165, 1.54) is 0 Å². The van der Waals surface area contributed by atoms with E-state index in [1.54, 1.807) is 7.11 Å². The maximum Gasteiger partial charge on any atom is 0.221 e. The molecule has 0 saturated carbocycles. The largest absolute Gasteiger partial charge is 0.496 e. The van der Waals surface area contributed by atoms with E-state index >= 15 is 0 Å². The molecule has 2 rings (SSSR count). The van der Waals surface area contributed by atoms with Crippen LogP contribution in [0, 0.1) is 0 Å². The maximum absolute atomic E-state index is 10.9. The summed E-state index contributed by atoms with van der Waals surface area (Å²) in [6.45, 7) is 0.651. The number of ether oxygens (including phenoxy) is 1. The topological polar surface area (TPSA) is 64.3 Å². The molecule has 0 heterocycles. The summed E-state index contributed by atoms with van der Waals surface area (Å²) in [5, 5.41) is 3.33. The molecule has 0 aliphatic carbocycles. The highest BCUT2D eigenvalue weighted by Crippen LogP contribution is 2.24. The first-order chi connectivity index (χ1) is 10.1. The van der Waals surface area contributed by atoms with Crippen molar-refractivity contribution in [3.8, 4) is 5.75 Å². The van der Waals surface area contributed by atoms with Crippen LogP contribution in [0.5, 0.6) is 5.75 Å². The lowest BCUT2D eigenvalue weighted by Gasteiger charge is -2.11. The van der Waals surface area contributed by atoms with Gasteiger partial charge in [0.2, 0.25) is 5.91 Å². The van der Waals surface area contributed by atoms with E-state index in [9.17, 15) is 4.79 Å². The van der Waals surface area contributed by atoms with Crippen LogP contribution in [-0.4, -0.2) is 13.0 Å². The van der Waals surface area contributed by atoms with Crippen molar-refractivity contribution in [1.82, 2.24) is 0 Å². The summed E-state index contributed by atoms with van der Waals surface area (Å²) in [6, 6.07) is 13.5. The molecular weight excluding hydrogens is 332 g/mol. The number of nitrogens with one attached hydrogen (secondary N) is 1. The number of halogens is 1. The van der Waals surface area contributed by atoms with Gasteiger partial charge in [-0.1, -0.05) is 28.1 Å². The lowest BCUT2D eigenvalue weighted by Crippen LogP contribution is -2.13. The van der Waals surface area contributed by atoms with Gasteiger partial charge in [0.05, 0.1) is 13.5 Å². The fraction of sp³-hybridized carbons (Fsp3) is 0.188. The van der Waals surface area contributed by atoms with E-state index in [-0.39, 0.29) is 12.3 Å². The average molecular weight is 349 g/mol. The predicted octanol–water partition coefficient (Wildman–Crippen LogP) is 3.10. The molecule has 0 aromatic heterocycles. The zero-order valence-corrected chi connectivity index (χ0v) is 13.3. The van der Waals surface area contributed by atoms with Gasteiger partial charge in [0.1, 0.15) is 5.75 Å². The van der Waals surface area contributed by atoms with Gasteiger partial charge in [0.15, 0.2) is 0 Å². The zero-order valence-electron chi connectivity index (χ0n) is 11.7. The molecule has 0 aliphatic heterocycles. The van der Waals surface area contributed by atoms with Crippen molar-refractivity contribution in [3.05, 3.63) is 58.1 Å². The van der Waals surface area contributed by atoms with Crippen molar-refractivity contribution in [2.75, 3.05) is 12.4 Å². The third kappa shape index (κ3) is 4.49. The lowest BCUT2D eigenvalue weighted by atomic mass is 10.1. The van der Waals surface area contributed by atoms with Crippen LogP contribution in [0.2, 0.25) is 0 Å². The van der Waals surface area contributed by atoms with Crippen molar-refractivity contribution in [2.45, 2.75) is 13.0 Å². The van der Waals surface area contributed by atoms with Crippen molar-refractivity contribution >= 4 is 27.5 Å². The van der Waals surface area contributed by atoms with Gasteiger partial charge in [0.25, 0.3) is 0 Å². The number of amides is 1. The van der Waals surface area contributed by atoms with Crippen LogP contribution >= 0.6 is 15.9 Å². The molecule has 0 radical (unpaired) electrons. The van der Waals surface area contributed by atoms with Crippen LogP contribution in [0.3, 0.4) is 0 Å². The first kappa shape index (κ1) is 15.4. The monoisotopic (exact) mass is 348 g/mol. The van der Waals surface area contributed by atoms with E-state index in [0.29, 0.717) is 6.54 Å². The molecule has 3 N–H and O–H groups in total. The molecule has 0 fully saturated rings. The van der Waals surface area contributed by atoms with Gasteiger partial charge >= 0.3 is 0 Å². The summed E-state index contributed by atoms with van der Waals surface area (Å²) >= 11 is 3.46. The van der Waals surface area contributed by atoms with E-state index in [1.807, 2.05) is 42.5 Å². The maximum atomic E-state index is 10.9. The van der Waals surface area contributed by atoms with Crippen molar-refractivity contribution < 1.29 is 9.53 Å². The number of benzene rings is 2. The van der Waals surface area contributed by atoms with Crippen LogP contribution in [0.1, 0.15) is 11.1 Å². The van der Waals surface area contributed by atoms with Gasteiger partial charge in [-0.2, -0.15) is 0 Å². The molecular formula is C16H17BrN2O2. The third-order valence-corrected chi connectivity index (χ3v) is 3.55. The Morgan fingerprint density at radius 3 is 2.57 bits per heavy atom. The van der Waals surface area contributed by atoms with Crippen LogP contribution in [0.4, 0.5) is 5.69 Å². The number of nitrogens with two attached hydrogens (primary N) is 1. The standard InChI is InChI=1S/C16H17BrN2O2/c1-21-15-7-4-13(17)9-12(15)10-19-14-5-2-11(3-6-14)8-16(18)20/h2-7,9,19H,8,10H2,1H3,(H2,18,20).